The second-order valence-electron chi connectivity index (χ2n) is 7.88. The van der Waals surface area contributed by atoms with Crippen LogP contribution in [0.5, 0.6) is 0 Å². The Morgan fingerprint density at radius 1 is 1.30 bits per heavy atom. The average molecular weight is 494 g/mol. The molecule has 162 valence electrons. The summed E-state index contributed by atoms with van der Waals surface area (Å²) in [6, 6.07) is 7.57. The molecule has 0 spiro atoms. The lowest BCUT2D eigenvalue weighted by atomic mass is 10.1. The first kappa shape index (κ1) is 22.8. The summed E-state index contributed by atoms with van der Waals surface area (Å²) < 4.78 is 3.13. The summed E-state index contributed by atoms with van der Waals surface area (Å²) in [4.78, 5) is 26.6. The van der Waals surface area contributed by atoms with Gasteiger partial charge in [-0.25, -0.2) is 0 Å². The number of aromatic nitrogens is 3. The Labute approximate surface area is 190 Å². The number of hydrogen-bond donors (Lipinski definition) is 1. The van der Waals surface area contributed by atoms with Gasteiger partial charge in [-0.05, 0) is 42.9 Å². The maximum Gasteiger partial charge on any atom is 0.227 e. The highest BCUT2D eigenvalue weighted by molar-refractivity contribution is 9.10. The van der Waals surface area contributed by atoms with Crippen LogP contribution < -0.4 is 10.2 Å². The van der Waals surface area contributed by atoms with E-state index in [0.29, 0.717) is 19.0 Å². The fraction of sp³-hybridized carbons (Fsp3) is 0.524. The fourth-order valence-corrected chi connectivity index (χ4v) is 4.35. The van der Waals surface area contributed by atoms with Crippen molar-refractivity contribution in [2.45, 2.75) is 44.8 Å². The first-order chi connectivity index (χ1) is 14.4. The highest BCUT2D eigenvalue weighted by atomic mass is 79.9. The Hall–Kier alpha value is -1.87. The van der Waals surface area contributed by atoms with Crippen LogP contribution in [0.3, 0.4) is 0 Å². The molecule has 1 aliphatic heterocycles. The number of carbonyl (C=O) groups excluding carboxylic acids is 2. The Morgan fingerprint density at radius 2 is 2.03 bits per heavy atom. The van der Waals surface area contributed by atoms with Gasteiger partial charge in [0.1, 0.15) is 5.82 Å². The van der Waals surface area contributed by atoms with Crippen LogP contribution in [0.15, 0.2) is 33.9 Å². The minimum Gasteiger partial charge on any atom is -0.356 e. The lowest BCUT2D eigenvalue weighted by molar-refractivity contribution is -0.126. The summed E-state index contributed by atoms with van der Waals surface area (Å²) in [5.41, 5.74) is 0.826. The van der Waals surface area contributed by atoms with Gasteiger partial charge < -0.3 is 14.8 Å². The number of hydrogen-bond acceptors (Lipinski definition) is 5. The molecule has 1 fully saturated rings. The van der Waals surface area contributed by atoms with Crippen molar-refractivity contribution in [1.82, 2.24) is 20.1 Å². The second-order valence-corrected chi connectivity index (χ2v) is 9.57. The van der Waals surface area contributed by atoms with Crippen LogP contribution in [0, 0.1) is 11.8 Å². The van der Waals surface area contributed by atoms with Crippen LogP contribution in [-0.2, 0) is 22.6 Å². The van der Waals surface area contributed by atoms with Crippen molar-refractivity contribution in [3.8, 4) is 0 Å². The zero-order valence-corrected chi connectivity index (χ0v) is 20.0. The third kappa shape index (κ3) is 5.63. The van der Waals surface area contributed by atoms with E-state index >= 15 is 0 Å². The molecule has 0 saturated carbocycles. The van der Waals surface area contributed by atoms with Crippen LogP contribution >= 0.6 is 27.7 Å². The van der Waals surface area contributed by atoms with E-state index in [1.165, 1.54) is 0 Å². The number of nitrogens with one attached hydrogen (secondary N) is 1. The van der Waals surface area contributed by atoms with Crippen molar-refractivity contribution in [2.24, 2.45) is 11.8 Å². The lowest BCUT2D eigenvalue weighted by Crippen LogP contribution is -2.33. The van der Waals surface area contributed by atoms with Crippen LogP contribution in [0.25, 0.3) is 0 Å². The van der Waals surface area contributed by atoms with Gasteiger partial charge in [-0.3, -0.25) is 9.59 Å². The minimum atomic E-state index is -0.311. The van der Waals surface area contributed by atoms with E-state index in [1.54, 1.807) is 16.7 Å². The molecule has 9 heteroatoms. The van der Waals surface area contributed by atoms with Crippen molar-refractivity contribution in [3.63, 3.8) is 0 Å². The molecule has 2 heterocycles. The van der Waals surface area contributed by atoms with E-state index in [1.807, 2.05) is 30.5 Å². The Balaban J connectivity index is 1.48. The molecule has 0 aliphatic carbocycles. The topological polar surface area (TPSA) is 80.1 Å². The van der Waals surface area contributed by atoms with Gasteiger partial charge in [-0.2, -0.15) is 0 Å². The van der Waals surface area contributed by atoms with Crippen molar-refractivity contribution >= 4 is 45.2 Å². The third-order valence-corrected chi connectivity index (χ3v) is 6.23. The molecule has 1 N–H and O–H groups in total. The molecule has 1 unspecified atom stereocenters. The summed E-state index contributed by atoms with van der Waals surface area (Å²) in [6.45, 7) is 6.22. The molecular weight excluding hydrogens is 466 g/mol. The SMILES string of the molecule is CSc1nnc(CCCNC(=O)C2CC(=O)N(c3ccc(Br)cc3)C2)n1CC(C)C. The van der Waals surface area contributed by atoms with Crippen LogP contribution in [0.4, 0.5) is 5.69 Å². The van der Waals surface area contributed by atoms with Crippen molar-refractivity contribution in [2.75, 3.05) is 24.2 Å². The number of carbonyl (C=O) groups is 2. The summed E-state index contributed by atoms with van der Waals surface area (Å²) >= 11 is 5.00. The minimum absolute atomic E-state index is 0.0103. The number of amides is 2. The smallest absolute Gasteiger partial charge is 0.227 e. The van der Waals surface area contributed by atoms with Crippen LogP contribution in [-0.4, -0.2) is 45.9 Å². The molecule has 2 amide bonds. The summed E-state index contributed by atoms with van der Waals surface area (Å²) in [5, 5.41) is 12.5. The highest BCUT2D eigenvalue weighted by Gasteiger charge is 2.34. The van der Waals surface area contributed by atoms with Gasteiger partial charge >= 0.3 is 0 Å². The monoisotopic (exact) mass is 493 g/mol. The molecule has 3 rings (SSSR count). The molecule has 30 heavy (non-hydrogen) atoms. The van der Waals surface area contributed by atoms with Gasteiger partial charge in [0.05, 0.1) is 5.92 Å². The summed E-state index contributed by atoms with van der Waals surface area (Å²) in [7, 11) is 0. The van der Waals surface area contributed by atoms with Crippen molar-refractivity contribution < 1.29 is 9.59 Å². The lowest BCUT2D eigenvalue weighted by Gasteiger charge is -2.17. The predicted octanol–water partition coefficient (Wildman–Crippen LogP) is 3.52. The molecule has 1 aromatic heterocycles. The molecular formula is C21H28BrN5O2S. The highest BCUT2D eigenvalue weighted by Crippen LogP contribution is 2.26. The quantitative estimate of drug-likeness (QED) is 0.426. The first-order valence-corrected chi connectivity index (χ1v) is 12.2. The zero-order chi connectivity index (χ0) is 21.7. The van der Waals surface area contributed by atoms with Gasteiger partial charge in [-0.15, -0.1) is 10.2 Å². The maximum absolute atomic E-state index is 12.6. The van der Waals surface area contributed by atoms with Crippen molar-refractivity contribution in [3.05, 3.63) is 34.6 Å². The largest absolute Gasteiger partial charge is 0.356 e. The van der Waals surface area contributed by atoms with E-state index < -0.39 is 0 Å². The third-order valence-electron chi connectivity index (χ3n) is 5.03. The van der Waals surface area contributed by atoms with Crippen LogP contribution in [0.2, 0.25) is 0 Å². The summed E-state index contributed by atoms with van der Waals surface area (Å²) in [6.07, 6.45) is 3.80. The van der Waals surface area contributed by atoms with Crippen LogP contribution in [0.1, 0.15) is 32.5 Å². The number of thioether (sulfide) groups is 1. The second kappa shape index (κ2) is 10.4. The van der Waals surface area contributed by atoms with E-state index in [-0.39, 0.29) is 24.2 Å². The van der Waals surface area contributed by atoms with Gasteiger partial charge in [0.15, 0.2) is 5.16 Å². The molecule has 0 radical (unpaired) electrons. The number of benzene rings is 1. The molecule has 7 nitrogen and oxygen atoms in total. The molecule has 2 aromatic rings. The Morgan fingerprint density at radius 3 is 2.70 bits per heavy atom. The Kier molecular flexibility index (Phi) is 7.93. The van der Waals surface area contributed by atoms with E-state index in [9.17, 15) is 9.59 Å². The molecule has 1 saturated heterocycles. The molecule has 1 atom stereocenters. The molecule has 1 aliphatic rings. The first-order valence-electron chi connectivity index (χ1n) is 10.2. The van der Waals surface area contributed by atoms with E-state index in [0.717, 1.165) is 40.5 Å². The number of nitrogens with zero attached hydrogens (tertiary/aromatic N) is 4. The number of rotatable bonds is 9. The summed E-state index contributed by atoms with van der Waals surface area (Å²) in [5.74, 6) is 1.09. The average Bonchev–Trinajstić information content (AvgIpc) is 3.28. The standard InChI is InChI=1S/C21H28BrN5O2S/c1-14(2)12-27-18(24-25-21(27)30-3)5-4-10-23-20(29)15-11-19(28)26(13-15)17-8-6-16(22)7-9-17/h6-9,14-15H,4-5,10-13H2,1-3H3,(H,23,29). The maximum atomic E-state index is 12.6. The van der Waals surface area contributed by atoms with Gasteiger partial charge in [-0.1, -0.05) is 41.5 Å². The normalized spacial score (nSPS) is 16.5. The number of aryl methyl sites for hydroxylation is 1. The fourth-order valence-electron chi connectivity index (χ4n) is 3.56. The van der Waals surface area contributed by atoms with Gasteiger partial charge in [0.25, 0.3) is 0 Å². The van der Waals surface area contributed by atoms with Gasteiger partial charge in [0, 0.05) is 42.6 Å². The van der Waals surface area contributed by atoms with E-state index in [2.05, 4.69) is 49.9 Å². The van der Waals surface area contributed by atoms with Crippen molar-refractivity contribution in [1.29, 1.82) is 0 Å². The number of anilines is 1. The number of halogens is 1. The van der Waals surface area contributed by atoms with Gasteiger partial charge in [0.2, 0.25) is 11.8 Å². The Bertz CT molecular complexity index is 884. The predicted molar refractivity (Wildman–Crippen MR) is 123 cm³/mol. The molecule has 1 aromatic carbocycles. The molecule has 0 bridgehead atoms. The van der Waals surface area contributed by atoms with E-state index in [4.69, 9.17) is 0 Å². The zero-order valence-electron chi connectivity index (χ0n) is 17.6.